The molecule has 0 radical (unpaired) electrons. The Morgan fingerprint density at radius 3 is 0.565 bits per heavy atom. The monoisotopic (exact) mass is 342 g/mol. The van der Waals surface area contributed by atoms with Crippen molar-refractivity contribution in [3.05, 3.63) is 0 Å². The minimum Gasteiger partial charge on any atom is -0.481 e. The van der Waals surface area contributed by atoms with Gasteiger partial charge in [0, 0.05) is 33.1 Å². The third-order valence-corrected chi connectivity index (χ3v) is 0.907. The largest absolute Gasteiger partial charge is 0.481 e. The fourth-order valence-electron chi connectivity index (χ4n) is 0. The average Bonchev–Trinajstić information content (AvgIpc) is 2.38. The number of hydrogen-bond donors (Lipinski definition) is 5. The summed E-state index contributed by atoms with van der Waals surface area (Å²) in [5, 5.41) is 38.0. The van der Waals surface area contributed by atoms with Gasteiger partial charge in [0.25, 0.3) is 11.9 Å². The van der Waals surface area contributed by atoms with Crippen molar-refractivity contribution < 1.29 is 49.5 Å². The zero-order valence-electron chi connectivity index (χ0n) is 13.9. The highest BCUT2D eigenvalue weighted by Gasteiger charge is 1.81. The Morgan fingerprint density at radius 2 is 0.565 bits per heavy atom. The van der Waals surface area contributed by atoms with Crippen LogP contribution in [-0.4, -0.2) is 55.4 Å². The van der Waals surface area contributed by atoms with E-state index in [-0.39, 0.29) is 19.3 Å². The first-order chi connectivity index (χ1) is 10.3. The lowest BCUT2D eigenvalue weighted by Gasteiger charge is -1.71. The highest BCUT2D eigenvalue weighted by atomic mass is 16.4. The maximum absolute atomic E-state index is 9.37. The average molecular weight is 342 g/mol. The number of carboxylic acids is 5. The second kappa shape index (κ2) is 27.7. The van der Waals surface area contributed by atoms with Crippen molar-refractivity contribution in [3.8, 4) is 0 Å². The summed E-state index contributed by atoms with van der Waals surface area (Å²) in [7, 11) is 0. The lowest BCUT2D eigenvalue weighted by atomic mass is 10.5. The molecule has 0 amide bonds. The van der Waals surface area contributed by atoms with Gasteiger partial charge in [-0.05, 0) is 0 Å². The summed E-state index contributed by atoms with van der Waals surface area (Å²) in [4.78, 5) is 46.1. The van der Waals surface area contributed by atoms with Gasteiger partial charge in [0.1, 0.15) is 0 Å². The summed E-state index contributed by atoms with van der Waals surface area (Å²) >= 11 is 0. The Hall–Kier alpha value is -2.65. The number of rotatable bonds is 3. The van der Waals surface area contributed by atoms with Crippen molar-refractivity contribution in [2.45, 2.75) is 53.9 Å². The molecule has 5 N–H and O–H groups in total. The van der Waals surface area contributed by atoms with Crippen molar-refractivity contribution in [1.29, 1.82) is 0 Å². The number of carboxylic acid groups (broad SMARTS) is 5. The third-order valence-electron chi connectivity index (χ3n) is 0.907. The lowest BCUT2D eigenvalue weighted by Crippen LogP contribution is -1.86. The molecule has 0 atom stereocenters. The van der Waals surface area contributed by atoms with Gasteiger partial charge < -0.3 is 25.5 Å². The molecule has 0 rings (SSSR count). The van der Waals surface area contributed by atoms with E-state index in [4.69, 9.17) is 35.1 Å². The van der Waals surface area contributed by atoms with Crippen LogP contribution in [0.3, 0.4) is 0 Å². The van der Waals surface area contributed by atoms with E-state index in [0.717, 1.165) is 13.8 Å². The molecule has 0 aliphatic rings. The summed E-state index contributed by atoms with van der Waals surface area (Å²) < 4.78 is 0. The SMILES string of the molecule is CC(=O)O.CC(=O)O.CCC(=O)O.CCC(=O)O.CCC(=O)O. The number of hydrogen-bond acceptors (Lipinski definition) is 5. The first-order valence-electron chi connectivity index (χ1n) is 6.32. The molecule has 0 aliphatic carbocycles. The molecule has 0 spiro atoms. The maximum atomic E-state index is 9.37. The molecule has 23 heavy (non-hydrogen) atoms. The minimum absolute atomic E-state index is 0.222. The molecule has 10 heteroatoms. The molecule has 10 nitrogen and oxygen atoms in total. The van der Waals surface area contributed by atoms with Crippen LogP contribution >= 0.6 is 0 Å². The Labute approximate surface area is 134 Å². The van der Waals surface area contributed by atoms with Crippen LogP contribution in [0.1, 0.15) is 53.9 Å². The van der Waals surface area contributed by atoms with Crippen LogP contribution in [-0.2, 0) is 24.0 Å². The summed E-state index contributed by atoms with van der Waals surface area (Å²) in [6.45, 7) is 6.97. The molecule has 0 aromatic heterocycles. The van der Waals surface area contributed by atoms with Gasteiger partial charge in [-0.2, -0.15) is 0 Å². The Bertz CT molecular complexity index is 282. The van der Waals surface area contributed by atoms with E-state index in [1.165, 1.54) is 0 Å². The first kappa shape index (κ1) is 32.3. The Balaban J connectivity index is -0.0000000589. The molecular formula is C13H26O10. The predicted octanol–water partition coefficient (Wildman–Crippen LogP) is 1.62. The Kier molecular flexibility index (Phi) is 38.9. The molecule has 0 heterocycles. The van der Waals surface area contributed by atoms with Crippen LogP contribution < -0.4 is 0 Å². The highest BCUT2D eigenvalue weighted by molar-refractivity contribution is 5.66. The number of aliphatic carboxylic acids is 5. The van der Waals surface area contributed by atoms with Crippen LogP contribution in [0.4, 0.5) is 0 Å². The lowest BCUT2D eigenvalue weighted by molar-refractivity contribution is -0.137. The molecule has 138 valence electrons. The van der Waals surface area contributed by atoms with Gasteiger partial charge in [0.05, 0.1) is 0 Å². The molecule has 0 saturated carbocycles. The normalized spacial score (nSPS) is 7.00. The van der Waals surface area contributed by atoms with Crippen molar-refractivity contribution in [2.24, 2.45) is 0 Å². The van der Waals surface area contributed by atoms with E-state index in [9.17, 15) is 14.4 Å². The summed E-state index contributed by atoms with van der Waals surface area (Å²) in [6.07, 6.45) is 0.667. The van der Waals surface area contributed by atoms with Gasteiger partial charge >= 0.3 is 17.9 Å². The predicted molar refractivity (Wildman–Crippen MR) is 80.4 cm³/mol. The van der Waals surface area contributed by atoms with Gasteiger partial charge in [-0.25, -0.2) is 0 Å². The van der Waals surface area contributed by atoms with E-state index in [2.05, 4.69) is 0 Å². The standard InChI is InChI=1S/3C3H6O2.2C2H4O2/c3*1-2-3(4)5;2*1-2(3)4/h3*2H2,1H3,(H,4,5);2*1H3,(H,3,4). The number of carbonyl (C=O) groups is 5. The van der Waals surface area contributed by atoms with Gasteiger partial charge in [-0.15, -0.1) is 0 Å². The van der Waals surface area contributed by atoms with E-state index in [1.807, 2.05) is 0 Å². The van der Waals surface area contributed by atoms with Crippen molar-refractivity contribution in [3.63, 3.8) is 0 Å². The molecule has 0 unspecified atom stereocenters. The van der Waals surface area contributed by atoms with Crippen molar-refractivity contribution >= 4 is 29.8 Å². The molecule has 0 fully saturated rings. The van der Waals surface area contributed by atoms with Crippen LogP contribution in [0, 0.1) is 0 Å². The smallest absolute Gasteiger partial charge is 0.303 e. The summed E-state index contributed by atoms with van der Waals surface area (Å²) in [5.41, 5.74) is 0. The summed E-state index contributed by atoms with van der Waals surface area (Å²) in [6, 6.07) is 0. The molecule has 0 aromatic carbocycles. The van der Waals surface area contributed by atoms with E-state index in [1.54, 1.807) is 20.8 Å². The maximum Gasteiger partial charge on any atom is 0.303 e. The zero-order chi connectivity index (χ0) is 20.0. The van der Waals surface area contributed by atoms with Gasteiger partial charge in [0.15, 0.2) is 0 Å². The topological polar surface area (TPSA) is 186 Å². The van der Waals surface area contributed by atoms with E-state index >= 15 is 0 Å². The molecule has 0 bridgehead atoms. The van der Waals surface area contributed by atoms with E-state index < -0.39 is 29.8 Å². The first-order valence-corrected chi connectivity index (χ1v) is 6.32. The van der Waals surface area contributed by atoms with E-state index in [0.29, 0.717) is 0 Å². The highest BCUT2D eigenvalue weighted by Crippen LogP contribution is 1.68. The van der Waals surface area contributed by atoms with Crippen molar-refractivity contribution in [1.82, 2.24) is 0 Å². The fraction of sp³-hybridized carbons (Fsp3) is 0.615. The fourth-order valence-corrected chi connectivity index (χ4v) is 0. The quantitative estimate of drug-likeness (QED) is 0.504. The van der Waals surface area contributed by atoms with Crippen LogP contribution in [0.25, 0.3) is 0 Å². The third kappa shape index (κ3) is 519. The van der Waals surface area contributed by atoms with Crippen LogP contribution in [0.15, 0.2) is 0 Å². The minimum atomic E-state index is -0.833. The molecule has 0 aliphatic heterocycles. The Morgan fingerprint density at radius 1 is 0.522 bits per heavy atom. The summed E-state index contributed by atoms with van der Waals surface area (Å²) in [5.74, 6) is -3.90. The van der Waals surface area contributed by atoms with Gasteiger partial charge in [0.2, 0.25) is 0 Å². The molecular weight excluding hydrogens is 316 g/mol. The second-order valence-electron chi connectivity index (χ2n) is 3.28. The van der Waals surface area contributed by atoms with Crippen LogP contribution in [0.5, 0.6) is 0 Å². The zero-order valence-corrected chi connectivity index (χ0v) is 13.9. The van der Waals surface area contributed by atoms with Crippen molar-refractivity contribution in [2.75, 3.05) is 0 Å². The van der Waals surface area contributed by atoms with Gasteiger partial charge in [-0.1, -0.05) is 20.8 Å². The van der Waals surface area contributed by atoms with Gasteiger partial charge in [-0.3, -0.25) is 24.0 Å². The second-order valence-corrected chi connectivity index (χ2v) is 3.28. The molecule has 0 saturated heterocycles. The molecule has 0 aromatic rings. The van der Waals surface area contributed by atoms with Crippen LogP contribution in [0.2, 0.25) is 0 Å².